The van der Waals surface area contributed by atoms with Crippen molar-refractivity contribution in [3.8, 4) is 0 Å². The summed E-state index contributed by atoms with van der Waals surface area (Å²) in [4.78, 5) is 24.9. The van der Waals surface area contributed by atoms with E-state index in [-0.39, 0.29) is 11.8 Å². The number of amides is 2. The number of rotatable bonds is 1. The number of carbonyl (C=O) groups excluding carboxylic acids is 2. The van der Waals surface area contributed by atoms with Crippen LogP contribution in [0.4, 0.5) is 11.4 Å². The van der Waals surface area contributed by atoms with Crippen LogP contribution in [0.5, 0.6) is 0 Å². The van der Waals surface area contributed by atoms with Crippen LogP contribution in [0.3, 0.4) is 0 Å². The van der Waals surface area contributed by atoms with Gasteiger partial charge in [-0.3, -0.25) is 9.59 Å². The molecule has 6 heteroatoms. The van der Waals surface area contributed by atoms with Gasteiger partial charge in [0.1, 0.15) is 0 Å². The fraction of sp³-hybridized carbons (Fsp3) is 0.125. The molecule has 4 nitrogen and oxygen atoms in total. The zero-order chi connectivity index (χ0) is 15.4. The van der Waals surface area contributed by atoms with E-state index in [1.165, 1.54) is 0 Å². The molecule has 2 aromatic carbocycles. The van der Waals surface area contributed by atoms with E-state index in [4.69, 9.17) is 11.6 Å². The van der Waals surface area contributed by atoms with Gasteiger partial charge in [-0.1, -0.05) is 27.5 Å². The predicted octanol–water partition coefficient (Wildman–Crippen LogP) is 3.87. The van der Waals surface area contributed by atoms with Crippen molar-refractivity contribution < 1.29 is 9.59 Å². The van der Waals surface area contributed by atoms with Gasteiger partial charge in [0.2, 0.25) is 11.8 Å². The molecule has 2 N–H and O–H groups in total. The van der Waals surface area contributed by atoms with Crippen LogP contribution in [0, 0.1) is 0 Å². The summed E-state index contributed by atoms with van der Waals surface area (Å²) in [6.45, 7) is 0. The largest absolute Gasteiger partial charge is 0.325 e. The molecule has 2 atom stereocenters. The number of carbonyl (C=O) groups is 2. The van der Waals surface area contributed by atoms with E-state index in [0.29, 0.717) is 5.02 Å². The van der Waals surface area contributed by atoms with Crippen LogP contribution in [-0.2, 0) is 9.59 Å². The van der Waals surface area contributed by atoms with Crippen molar-refractivity contribution in [2.24, 2.45) is 0 Å². The van der Waals surface area contributed by atoms with Gasteiger partial charge in [0.15, 0.2) is 0 Å². The predicted molar refractivity (Wildman–Crippen MR) is 88.3 cm³/mol. The Bertz CT molecular complexity index is 767. The van der Waals surface area contributed by atoms with Gasteiger partial charge in [-0.25, -0.2) is 0 Å². The Balaban J connectivity index is 1.87. The molecule has 2 aromatic rings. The second-order valence-corrected chi connectivity index (χ2v) is 6.75. The third-order valence-corrected chi connectivity index (χ3v) is 4.84. The van der Waals surface area contributed by atoms with Crippen molar-refractivity contribution >= 4 is 50.7 Å². The van der Waals surface area contributed by atoms with Gasteiger partial charge in [0.25, 0.3) is 0 Å². The maximum atomic E-state index is 12.4. The first-order chi connectivity index (χ1) is 10.5. The minimum atomic E-state index is -0.566. The second-order valence-electron chi connectivity index (χ2n) is 5.40. The number of fused-ring (bicyclic) bond motifs is 2. The number of benzene rings is 2. The Morgan fingerprint density at radius 1 is 0.864 bits per heavy atom. The Morgan fingerprint density at radius 3 is 2.05 bits per heavy atom. The fourth-order valence-electron chi connectivity index (χ4n) is 3.17. The average Bonchev–Trinajstić information content (AvgIpc) is 2.94. The van der Waals surface area contributed by atoms with Crippen molar-refractivity contribution in [2.75, 3.05) is 10.6 Å². The minimum Gasteiger partial charge on any atom is -0.325 e. The smallest absolute Gasteiger partial charge is 0.233 e. The molecular formula is C16H10BrClN2O2. The van der Waals surface area contributed by atoms with Gasteiger partial charge in [-0.2, -0.15) is 0 Å². The van der Waals surface area contributed by atoms with Crippen LogP contribution < -0.4 is 10.6 Å². The van der Waals surface area contributed by atoms with Gasteiger partial charge < -0.3 is 10.6 Å². The quantitative estimate of drug-likeness (QED) is 0.792. The molecule has 0 aliphatic carbocycles. The molecule has 110 valence electrons. The Kier molecular flexibility index (Phi) is 3.03. The molecular weight excluding hydrogens is 368 g/mol. The van der Waals surface area contributed by atoms with Gasteiger partial charge in [0.05, 0.1) is 11.8 Å². The maximum Gasteiger partial charge on any atom is 0.233 e. The van der Waals surface area contributed by atoms with Gasteiger partial charge in [-0.05, 0) is 47.5 Å². The van der Waals surface area contributed by atoms with Gasteiger partial charge in [0, 0.05) is 20.9 Å². The lowest BCUT2D eigenvalue weighted by atomic mass is 9.83. The lowest BCUT2D eigenvalue weighted by molar-refractivity contribution is -0.123. The Morgan fingerprint density at radius 2 is 1.41 bits per heavy atom. The molecule has 4 rings (SSSR count). The summed E-state index contributed by atoms with van der Waals surface area (Å²) < 4.78 is 0.873. The van der Waals surface area contributed by atoms with E-state index in [9.17, 15) is 9.59 Å². The number of hydrogen-bond donors (Lipinski definition) is 2. The summed E-state index contributed by atoms with van der Waals surface area (Å²) >= 11 is 9.48. The molecule has 2 heterocycles. The Hall–Kier alpha value is -1.85. The molecule has 0 bridgehead atoms. The highest BCUT2D eigenvalue weighted by atomic mass is 79.9. The molecule has 2 unspecified atom stereocenters. The third-order valence-electron chi connectivity index (χ3n) is 4.11. The molecule has 2 aliphatic rings. The van der Waals surface area contributed by atoms with Crippen molar-refractivity contribution in [3.05, 3.63) is 57.0 Å². The van der Waals surface area contributed by atoms with E-state index in [0.717, 1.165) is 27.0 Å². The molecule has 22 heavy (non-hydrogen) atoms. The molecule has 2 amide bonds. The highest BCUT2D eigenvalue weighted by Gasteiger charge is 2.45. The van der Waals surface area contributed by atoms with Crippen LogP contribution in [0.1, 0.15) is 23.0 Å². The summed E-state index contributed by atoms with van der Waals surface area (Å²) in [5.41, 5.74) is 3.06. The van der Waals surface area contributed by atoms with Crippen LogP contribution in [0.2, 0.25) is 5.02 Å². The number of halogens is 2. The fourth-order valence-corrected chi connectivity index (χ4v) is 3.73. The average molecular weight is 378 g/mol. The minimum absolute atomic E-state index is 0.166. The first kappa shape index (κ1) is 13.8. The molecule has 0 radical (unpaired) electrons. The first-order valence-electron chi connectivity index (χ1n) is 6.75. The molecule has 0 aromatic heterocycles. The van der Waals surface area contributed by atoms with Crippen molar-refractivity contribution in [2.45, 2.75) is 11.8 Å². The van der Waals surface area contributed by atoms with Crippen LogP contribution in [0.25, 0.3) is 0 Å². The zero-order valence-corrected chi connectivity index (χ0v) is 13.5. The van der Waals surface area contributed by atoms with Crippen LogP contribution in [0.15, 0.2) is 40.9 Å². The molecule has 0 fully saturated rings. The van der Waals surface area contributed by atoms with Crippen LogP contribution >= 0.6 is 27.5 Å². The molecule has 0 spiro atoms. The van der Waals surface area contributed by atoms with E-state index in [2.05, 4.69) is 26.6 Å². The lowest BCUT2D eigenvalue weighted by Gasteiger charge is -2.16. The van der Waals surface area contributed by atoms with Gasteiger partial charge in [-0.15, -0.1) is 0 Å². The van der Waals surface area contributed by atoms with E-state index < -0.39 is 11.8 Å². The third kappa shape index (κ3) is 1.96. The Labute approximate surface area is 140 Å². The van der Waals surface area contributed by atoms with Crippen molar-refractivity contribution in [1.29, 1.82) is 0 Å². The molecule has 2 aliphatic heterocycles. The molecule has 0 saturated heterocycles. The van der Waals surface area contributed by atoms with Gasteiger partial charge >= 0.3 is 0 Å². The van der Waals surface area contributed by atoms with Crippen LogP contribution in [-0.4, -0.2) is 11.8 Å². The summed E-state index contributed by atoms with van der Waals surface area (Å²) in [6, 6.07) is 10.8. The summed E-state index contributed by atoms with van der Waals surface area (Å²) in [7, 11) is 0. The maximum absolute atomic E-state index is 12.4. The SMILES string of the molecule is O=C1Nc2ccc(Cl)cc2C1C1C(=O)Nc2ccc(Br)cc21. The van der Waals surface area contributed by atoms with E-state index in [1.54, 1.807) is 18.2 Å². The number of anilines is 2. The summed E-state index contributed by atoms with van der Waals surface area (Å²) in [5, 5.41) is 6.22. The summed E-state index contributed by atoms with van der Waals surface area (Å²) in [6.07, 6.45) is 0. The number of hydrogen-bond acceptors (Lipinski definition) is 2. The van der Waals surface area contributed by atoms with E-state index >= 15 is 0 Å². The second kappa shape index (κ2) is 4.83. The normalized spacial score (nSPS) is 22.1. The molecule has 0 saturated carbocycles. The van der Waals surface area contributed by atoms with E-state index in [1.807, 2.05) is 18.2 Å². The lowest BCUT2D eigenvalue weighted by Crippen LogP contribution is -2.24. The van der Waals surface area contributed by atoms with Crippen molar-refractivity contribution in [1.82, 2.24) is 0 Å². The zero-order valence-electron chi connectivity index (χ0n) is 11.2. The summed E-state index contributed by atoms with van der Waals surface area (Å²) in [5.74, 6) is -1.46. The standard InChI is InChI=1S/C16H10BrClN2O2/c17-7-1-3-11-9(5-7)13(15(21)19-11)14-10-6-8(18)2-4-12(10)20-16(14)22/h1-6,13-14H,(H,19,21)(H,20,22). The topological polar surface area (TPSA) is 58.2 Å². The monoisotopic (exact) mass is 376 g/mol. The highest BCUT2D eigenvalue weighted by Crippen LogP contribution is 2.48. The van der Waals surface area contributed by atoms with Crippen molar-refractivity contribution in [3.63, 3.8) is 0 Å². The highest BCUT2D eigenvalue weighted by molar-refractivity contribution is 9.10. The first-order valence-corrected chi connectivity index (χ1v) is 7.92. The number of nitrogens with one attached hydrogen (secondary N) is 2.